The average molecular weight is 422 g/mol. The van der Waals surface area contributed by atoms with Gasteiger partial charge in [-0.05, 0) is 63.9 Å². The van der Waals surface area contributed by atoms with Crippen molar-refractivity contribution in [1.29, 1.82) is 0 Å². The topological polar surface area (TPSA) is 68.2 Å². The van der Waals surface area contributed by atoms with E-state index in [4.69, 9.17) is 10.3 Å². The van der Waals surface area contributed by atoms with E-state index in [1.54, 1.807) is 11.3 Å². The van der Waals surface area contributed by atoms with Crippen LogP contribution >= 0.6 is 43.2 Å². The minimum Gasteiger partial charge on any atom is -0.334 e. The van der Waals surface area contributed by atoms with Crippen molar-refractivity contribution in [2.24, 2.45) is 5.73 Å². The molecule has 1 fully saturated rings. The zero-order chi connectivity index (χ0) is 14.1. The van der Waals surface area contributed by atoms with E-state index in [-0.39, 0.29) is 6.04 Å². The average Bonchev–Trinajstić information content (AvgIpc) is 3.10. The molecular formula is C12H14Br2N4OS. The van der Waals surface area contributed by atoms with Gasteiger partial charge in [0, 0.05) is 6.54 Å². The second-order valence-corrected chi connectivity index (χ2v) is 8.56. The van der Waals surface area contributed by atoms with Crippen molar-refractivity contribution in [3.8, 4) is 11.5 Å². The maximum Gasteiger partial charge on any atom is 0.260 e. The molecule has 0 aromatic carbocycles. The van der Waals surface area contributed by atoms with Crippen LogP contribution in [0.5, 0.6) is 0 Å². The zero-order valence-electron chi connectivity index (χ0n) is 10.7. The van der Waals surface area contributed by atoms with Crippen LogP contribution < -0.4 is 5.73 Å². The number of nitrogens with two attached hydrogens (primary N) is 1. The highest BCUT2D eigenvalue weighted by Crippen LogP contribution is 2.37. The van der Waals surface area contributed by atoms with Crippen molar-refractivity contribution >= 4 is 43.2 Å². The van der Waals surface area contributed by atoms with Crippen LogP contribution in [-0.4, -0.2) is 34.7 Å². The molecule has 108 valence electrons. The summed E-state index contributed by atoms with van der Waals surface area (Å²) in [5.74, 6) is 1.08. The fraction of sp³-hybridized carbons (Fsp3) is 0.500. The molecule has 1 aliphatic heterocycles. The molecule has 1 atom stereocenters. The van der Waals surface area contributed by atoms with Gasteiger partial charge in [-0.3, -0.25) is 0 Å². The molecule has 2 aromatic rings. The predicted octanol–water partition coefficient (Wildman–Crippen LogP) is 3.42. The van der Waals surface area contributed by atoms with Crippen molar-refractivity contribution in [3.05, 3.63) is 19.5 Å². The number of hydrogen-bond acceptors (Lipinski definition) is 6. The molecule has 0 saturated carbocycles. The van der Waals surface area contributed by atoms with Crippen LogP contribution in [0.4, 0.5) is 0 Å². The standard InChI is InChI=1S/C12H14Br2N4OS/c13-9-5-7(10(14)20-9)12-16-11(17-19-12)8(15)6-18-3-1-2-4-18/h5,8H,1-4,6,15H2. The maximum absolute atomic E-state index is 6.16. The SMILES string of the molecule is NC(CN1CCCC1)c1noc(-c2cc(Br)sc2Br)n1. The van der Waals surface area contributed by atoms with E-state index in [2.05, 4.69) is 46.9 Å². The van der Waals surface area contributed by atoms with Gasteiger partial charge in [-0.2, -0.15) is 4.98 Å². The summed E-state index contributed by atoms with van der Waals surface area (Å²) in [6, 6.07) is 1.75. The Balaban J connectivity index is 1.74. The Hall–Kier alpha value is -0.280. The van der Waals surface area contributed by atoms with Gasteiger partial charge in [0.1, 0.15) is 0 Å². The summed E-state index contributed by atoms with van der Waals surface area (Å²) in [4.78, 5) is 6.77. The van der Waals surface area contributed by atoms with Gasteiger partial charge in [0.2, 0.25) is 0 Å². The van der Waals surface area contributed by atoms with Gasteiger partial charge in [-0.15, -0.1) is 11.3 Å². The second-order valence-electron chi connectivity index (χ2n) is 4.81. The quantitative estimate of drug-likeness (QED) is 0.818. The number of rotatable bonds is 4. The second kappa shape index (κ2) is 6.23. The lowest BCUT2D eigenvalue weighted by Gasteiger charge is -2.17. The largest absolute Gasteiger partial charge is 0.334 e. The van der Waals surface area contributed by atoms with Gasteiger partial charge in [0.15, 0.2) is 5.82 Å². The Morgan fingerprint density at radius 1 is 1.40 bits per heavy atom. The number of likely N-dealkylation sites (tertiary alicyclic amines) is 1. The van der Waals surface area contributed by atoms with E-state index in [1.165, 1.54) is 12.8 Å². The van der Waals surface area contributed by atoms with Gasteiger partial charge in [0.05, 0.1) is 19.2 Å². The molecule has 3 heterocycles. The molecule has 0 bridgehead atoms. The Morgan fingerprint density at radius 3 is 2.80 bits per heavy atom. The van der Waals surface area contributed by atoms with Gasteiger partial charge < -0.3 is 15.2 Å². The number of halogens is 2. The van der Waals surface area contributed by atoms with Crippen LogP contribution in [0.2, 0.25) is 0 Å². The first-order valence-electron chi connectivity index (χ1n) is 6.40. The van der Waals surface area contributed by atoms with E-state index in [1.807, 2.05) is 6.07 Å². The van der Waals surface area contributed by atoms with Crippen molar-refractivity contribution in [3.63, 3.8) is 0 Å². The molecule has 0 radical (unpaired) electrons. The van der Waals surface area contributed by atoms with Crippen LogP contribution in [-0.2, 0) is 0 Å². The normalized spacial score (nSPS) is 17.8. The predicted molar refractivity (Wildman–Crippen MR) is 85.6 cm³/mol. The molecule has 3 rings (SSSR count). The molecule has 2 N–H and O–H groups in total. The van der Waals surface area contributed by atoms with Crippen LogP contribution in [0.3, 0.4) is 0 Å². The number of thiophene rings is 1. The first-order valence-corrected chi connectivity index (χ1v) is 8.80. The summed E-state index contributed by atoms with van der Waals surface area (Å²) < 4.78 is 7.31. The van der Waals surface area contributed by atoms with Crippen molar-refractivity contribution in [1.82, 2.24) is 15.0 Å². The molecule has 0 spiro atoms. The Bertz CT molecular complexity index is 594. The highest BCUT2D eigenvalue weighted by atomic mass is 79.9. The lowest BCUT2D eigenvalue weighted by molar-refractivity contribution is 0.306. The Labute approximate surface area is 137 Å². The minimum absolute atomic E-state index is 0.202. The van der Waals surface area contributed by atoms with Crippen LogP contribution in [0, 0.1) is 0 Å². The van der Waals surface area contributed by atoms with E-state index in [9.17, 15) is 0 Å². The fourth-order valence-electron chi connectivity index (χ4n) is 2.31. The highest BCUT2D eigenvalue weighted by molar-refractivity contribution is 9.12. The lowest BCUT2D eigenvalue weighted by atomic mass is 10.2. The lowest BCUT2D eigenvalue weighted by Crippen LogP contribution is -2.30. The molecule has 1 saturated heterocycles. The molecular weight excluding hydrogens is 408 g/mol. The summed E-state index contributed by atoms with van der Waals surface area (Å²) in [5.41, 5.74) is 7.06. The van der Waals surface area contributed by atoms with Crippen molar-refractivity contribution < 1.29 is 4.52 Å². The molecule has 0 aliphatic carbocycles. The molecule has 2 aromatic heterocycles. The summed E-state index contributed by atoms with van der Waals surface area (Å²) in [6.07, 6.45) is 2.50. The molecule has 1 unspecified atom stereocenters. The smallest absolute Gasteiger partial charge is 0.260 e. The highest BCUT2D eigenvalue weighted by Gasteiger charge is 2.21. The van der Waals surface area contributed by atoms with Crippen molar-refractivity contribution in [2.75, 3.05) is 19.6 Å². The van der Waals surface area contributed by atoms with Crippen molar-refractivity contribution in [2.45, 2.75) is 18.9 Å². The van der Waals surface area contributed by atoms with Crippen LogP contribution in [0.15, 0.2) is 18.2 Å². The number of aromatic nitrogens is 2. The molecule has 0 amide bonds. The van der Waals surface area contributed by atoms with Gasteiger partial charge in [0.25, 0.3) is 5.89 Å². The maximum atomic E-state index is 6.16. The van der Waals surface area contributed by atoms with Crippen LogP contribution in [0.1, 0.15) is 24.7 Å². The van der Waals surface area contributed by atoms with Gasteiger partial charge in [-0.25, -0.2) is 0 Å². The number of nitrogens with zero attached hydrogens (tertiary/aromatic N) is 3. The third-order valence-corrected chi connectivity index (χ3v) is 5.65. The summed E-state index contributed by atoms with van der Waals surface area (Å²) in [6.45, 7) is 3.01. The summed E-state index contributed by atoms with van der Waals surface area (Å²) >= 11 is 8.51. The zero-order valence-corrected chi connectivity index (χ0v) is 14.7. The number of hydrogen-bond donors (Lipinski definition) is 1. The van der Waals surface area contributed by atoms with E-state index >= 15 is 0 Å². The van der Waals surface area contributed by atoms with Gasteiger partial charge in [-0.1, -0.05) is 5.16 Å². The molecule has 5 nitrogen and oxygen atoms in total. The molecule has 20 heavy (non-hydrogen) atoms. The van der Waals surface area contributed by atoms with E-state index < -0.39 is 0 Å². The van der Waals surface area contributed by atoms with Crippen LogP contribution in [0.25, 0.3) is 11.5 Å². The first kappa shape index (κ1) is 14.6. The monoisotopic (exact) mass is 420 g/mol. The Kier molecular flexibility index (Phi) is 4.56. The summed E-state index contributed by atoms with van der Waals surface area (Å²) in [7, 11) is 0. The summed E-state index contributed by atoms with van der Waals surface area (Å²) in [5, 5.41) is 4.02. The minimum atomic E-state index is -0.202. The third-order valence-electron chi connectivity index (χ3n) is 3.31. The first-order chi connectivity index (χ1) is 9.63. The third kappa shape index (κ3) is 3.14. The van der Waals surface area contributed by atoms with E-state index in [0.717, 1.165) is 32.8 Å². The van der Waals surface area contributed by atoms with E-state index in [0.29, 0.717) is 11.7 Å². The molecule has 1 aliphatic rings. The Morgan fingerprint density at radius 2 is 2.15 bits per heavy atom. The van der Waals surface area contributed by atoms with Gasteiger partial charge >= 0.3 is 0 Å². The fourth-order valence-corrected chi connectivity index (χ4v) is 5.08. The molecule has 8 heteroatoms.